The Morgan fingerprint density at radius 1 is 1.30 bits per heavy atom. The molecule has 1 aromatic carbocycles. The van der Waals surface area contributed by atoms with Crippen molar-refractivity contribution in [1.29, 1.82) is 0 Å². The molecule has 2 rings (SSSR count). The fraction of sp³-hybridized carbons (Fsp3) is 0.267. The quantitative estimate of drug-likeness (QED) is 0.910. The zero-order valence-electron chi connectivity index (χ0n) is 11.3. The van der Waals surface area contributed by atoms with Crippen LogP contribution in [0.1, 0.15) is 24.4 Å². The monoisotopic (exact) mass is 293 g/mol. The molecule has 1 heterocycles. The van der Waals surface area contributed by atoms with Crippen molar-refractivity contribution in [2.45, 2.75) is 19.4 Å². The number of nitrogens with one attached hydrogen (secondary N) is 1. The van der Waals surface area contributed by atoms with Gasteiger partial charge in [0.25, 0.3) is 5.91 Å². The van der Waals surface area contributed by atoms with E-state index >= 15 is 0 Å². The molecule has 4 nitrogen and oxygen atoms in total. The summed E-state index contributed by atoms with van der Waals surface area (Å²) in [5.41, 5.74) is 0.0312. The van der Waals surface area contributed by atoms with Crippen molar-refractivity contribution in [2.24, 2.45) is 0 Å². The second kappa shape index (κ2) is 5.69. The lowest BCUT2D eigenvalue weighted by molar-refractivity contribution is 0.0842. The van der Waals surface area contributed by atoms with E-state index in [4.69, 9.17) is 21.1 Å². The van der Waals surface area contributed by atoms with Crippen molar-refractivity contribution < 1.29 is 14.3 Å². The Kier molecular flexibility index (Phi) is 4.16. The highest BCUT2D eigenvalue weighted by Gasteiger charge is 2.22. The van der Waals surface area contributed by atoms with Crippen molar-refractivity contribution in [3.8, 4) is 11.3 Å². The van der Waals surface area contributed by atoms with Crippen LogP contribution in [0, 0.1) is 0 Å². The van der Waals surface area contributed by atoms with Gasteiger partial charge in [0.1, 0.15) is 5.76 Å². The first-order valence-electron chi connectivity index (χ1n) is 6.21. The summed E-state index contributed by atoms with van der Waals surface area (Å²) in [4.78, 5) is 12.0. The minimum atomic E-state index is -0.700. The van der Waals surface area contributed by atoms with Gasteiger partial charge >= 0.3 is 0 Å². The Morgan fingerprint density at radius 3 is 2.65 bits per heavy atom. The van der Waals surface area contributed by atoms with E-state index in [1.807, 2.05) is 18.2 Å². The van der Waals surface area contributed by atoms with E-state index < -0.39 is 5.54 Å². The summed E-state index contributed by atoms with van der Waals surface area (Å²) >= 11 is 6.08. The molecule has 0 atom stereocenters. The van der Waals surface area contributed by atoms with Gasteiger partial charge in [-0.2, -0.15) is 0 Å². The predicted molar refractivity (Wildman–Crippen MR) is 77.8 cm³/mol. The van der Waals surface area contributed by atoms with E-state index in [0.29, 0.717) is 10.8 Å². The van der Waals surface area contributed by atoms with E-state index in [-0.39, 0.29) is 18.3 Å². The summed E-state index contributed by atoms with van der Waals surface area (Å²) in [5, 5.41) is 12.4. The van der Waals surface area contributed by atoms with Crippen molar-refractivity contribution in [3.63, 3.8) is 0 Å². The third kappa shape index (κ3) is 3.21. The van der Waals surface area contributed by atoms with E-state index in [2.05, 4.69) is 5.32 Å². The highest BCUT2D eigenvalue weighted by atomic mass is 35.5. The molecule has 0 saturated heterocycles. The van der Waals surface area contributed by atoms with Gasteiger partial charge in [-0.25, -0.2) is 0 Å². The highest BCUT2D eigenvalue weighted by Crippen LogP contribution is 2.29. The smallest absolute Gasteiger partial charge is 0.287 e. The van der Waals surface area contributed by atoms with Gasteiger partial charge in [-0.15, -0.1) is 0 Å². The van der Waals surface area contributed by atoms with Gasteiger partial charge in [0, 0.05) is 5.56 Å². The van der Waals surface area contributed by atoms with E-state index in [1.165, 1.54) is 0 Å². The fourth-order valence-corrected chi connectivity index (χ4v) is 1.90. The minimum absolute atomic E-state index is 0.156. The molecule has 20 heavy (non-hydrogen) atoms. The normalized spacial score (nSPS) is 11.4. The van der Waals surface area contributed by atoms with E-state index in [1.54, 1.807) is 32.0 Å². The fourth-order valence-electron chi connectivity index (χ4n) is 1.67. The van der Waals surface area contributed by atoms with Crippen LogP contribution in [0.25, 0.3) is 11.3 Å². The summed E-state index contributed by atoms with van der Waals surface area (Å²) in [6, 6.07) is 10.5. The number of rotatable bonds is 4. The summed E-state index contributed by atoms with van der Waals surface area (Å²) in [5.74, 6) is 0.339. The molecule has 1 aromatic heterocycles. The van der Waals surface area contributed by atoms with Gasteiger partial charge in [-0.3, -0.25) is 4.79 Å². The van der Waals surface area contributed by atoms with Crippen LogP contribution < -0.4 is 5.32 Å². The van der Waals surface area contributed by atoms with Crippen LogP contribution >= 0.6 is 11.6 Å². The minimum Gasteiger partial charge on any atom is -0.451 e. The molecule has 0 aliphatic carbocycles. The highest BCUT2D eigenvalue weighted by molar-refractivity contribution is 6.33. The maximum absolute atomic E-state index is 12.0. The van der Waals surface area contributed by atoms with Gasteiger partial charge in [-0.05, 0) is 38.1 Å². The lowest BCUT2D eigenvalue weighted by Crippen LogP contribution is -2.46. The number of carbonyl (C=O) groups is 1. The maximum Gasteiger partial charge on any atom is 0.287 e. The second-order valence-electron chi connectivity index (χ2n) is 5.14. The number of aliphatic hydroxyl groups is 1. The molecule has 0 unspecified atom stereocenters. The summed E-state index contributed by atoms with van der Waals surface area (Å²) in [6.45, 7) is 3.29. The van der Waals surface area contributed by atoms with Gasteiger partial charge < -0.3 is 14.8 Å². The van der Waals surface area contributed by atoms with Crippen LogP contribution in [0.15, 0.2) is 40.8 Å². The number of hydrogen-bond donors (Lipinski definition) is 2. The van der Waals surface area contributed by atoms with Crippen LogP contribution in [-0.4, -0.2) is 23.2 Å². The maximum atomic E-state index is 12.0. The molecule has 0 spiro atoms. The third-order valence-electron chi connectivity index (χ3n) is 2.82. The first-order valence-corrected chi connectivity index (χ1v) is 6.59. The molecule has 0 bridgehead atoms. The Labute approximate surface area is 122 Å². The topological polar surface area (TPSA) is 62.5 Å². The molecule has 0 fully saturated rings. The summed E-state index contributed by atoms with van der Waals surface area (Å²) in [6.07, 6.45) is 0. The number of carbonyl (C=O) groups excluding carboxylic acids is 1. The molecule has 2 N–H and O–H groups in total. The van der Waals surface area contributed by atoms with Crippen LogP contribution in [0.5, 0.6) is 0 Å². The average Bonchev–Trinajstić information content (AvgIpc) is 2.88. The molecule has 0 saturated carbocycles. The van der Waals surface area contributed by atoms with Crippen molar-refractivity contribution in [3.05, 3.63) is 47.2 Å². The number of aliphatic hydroxyl groups excluding tert-OH is 1. The molecule has 106 valence electrons. The first kappa shape index (κ1) is 14.6. The van der Waals surface area contributed by atoms with Crippen LogP contribution in [-0.2, 0) is 0 Å². The summed E-state index contributed by atoms with van der Waals surface area (Å²) in [7, 11) is 0. The number of hydrogen-bond acceptors (Lipinski definition) is 3. The number of halogens is 1. The number of furan rings is 1. The molecular weight excluding hydrogens is 278 g/mol. The summed E-state index contributed by atoms with van der Waals surface area (Å²) < 4.78 is 5.52. The number of benzene rings is 1. The molecule has 2 aromatic rings. The Morgan fingerprint density at radius 2 is 2.00 bits per heavy atom. The largest absolute Gasteiger partial charge is 0.451 e. The van der Waals surface area contributed by atoms with E-state index in [9.17, 15) is 4.79 Å². The Balaban J connectivity index is 2.22. The lowest BCUT2D eigenvalue weighted by Gasteiger charge is -2.22. The number of amides is 1. The van der Waals surface area contributed by atoms with E-state index in [0.717, 1.165) is 5.56 Å². The molecule has 1 amide bonds. The lowest BCUT2D eigenvalue weighted by atomic mass is 10.1. The predicted octanol–water partition coefficient (Wildman–Crippen LogP) is 3.10. The van der Waals surface area contributed by atoms with Gasteiger partial charge in [0.05, 0.1) is 17.2 Å². The van der Waals surface area contributed by atoms with Crippen molar-refractivity contribution >= 4 is 17.5 Å². The standard InChI is InChI=1S/C15H16ClNO3/c1-15(2,9-18)17-14(19)13-8-7-12(20-13)10-5-3-4-6-11(10)16/h3-8,18H,9H2,1-2H3,(H,17,19). The molecular formula is C15H16ClNO3. The third-order valence-corrected chi connectivity index (χ3v) is 3.15. The van der Waals surface area contributed by atoms with Crippen molar-refractivity contribution in [2.75, 3.05) is 6.61 Å². The molecule has 0 aliphatic rings. The Bertz CT molecular complexity index is 619. The van der Waals surface area contributed by atoms with Crippen LogP contribution in [0.4, 0.5) is 0 Å². The molecule has 0 radical (unpaired) electrons. The van der Waals surface area contributed by atoms with Crippen molar-refractivity contribution in [1.82, 2.24) is 5.32 Å². The average molecular weight is 294 g/mol. The zero-order chi connectivity index (χ0) is 14.8. The molecule has 0 aliphatic heterocycles. The van der Waals surface area contributed by atoms with Gasteiger partial charge in [-0.1, -0.05) is 23.7 Å². The zero-order valence-corrected chi connectivity index (χ0v) is 12.1. The van der Waals surface area contributed by atoms with Gasteiger partial charge in [0.2, 0.25) is 0 Å². The Hall–Kier alpha value is -1.78. The van der Waals surface area contributed by atoms with Gasteiger partial charge in [0.15, 0.2) is 5.76 Å². The second-order valence-corrected chi connectivity index (χ2v) is 5.55. The molecule has 5 heteroatoms. The van der Waals surface area contributed by atoms with Crippen LogP contribution in [0.3, 0.4) is 0 Å². The first-order chi connectivity index (χ1) is 9.43. The van der Waals surface area contributed by atoms with Crippen LogP contribution in [0.2, 0.25) is 5.02 Å². The SMILES string of the molecule is CC(C)(CO)NC(=O)c1ccc(-c2ccccc2Cl)o1.